The maximum atomic E-state index is 12.6. The molecule has 4 rings (SSSR count). The smallest absolute Gasteiger partial charge is 0.257 e. The molecule has 0 unspecified atom stereocenters. The SMILES string of the molecule is Cc1cc(C#CC2CC2)ccc1Cn1c(C)nc(OC[C@H]2COCCO2)cc1=O. The molecule has 1 aliphatic carbocycles. The Morgan fingerprint density at radius 3 is 2.79 bits per heavy atom. The number of hydrogen-bond donors (Lipinski definition) is 0. The molecular formula is C23H26N2O4. The second kappa shape index (κ2) is 8.81. The Balaban J connectivity index is 1.44. The summed E-state index contributed by atoms with van der Waals surface area (Å²) in [7, 11) is 0. The second-order valence-corrected chi connectivity index (χ2v) is 7.63. The van der Waals surface area contributed by atoms with Crippen molar-refractivity contribution in [3.63, 3.8) is 0 Å². The third kappa shape index (κ3) is 5.26. The standard InChI is InChI=1S/C23H26N2O4/c1-16-11-19(6-5-18-3-4-18)7-8-20(16)13-25-17(2)24-22(12-23(25)26)29-15-21-14-27-9-10-28-21/h7-8,11-12,18,21H,3-4,9-10,13-15H2,1-2H3/t21-/m1/s1. The van der Waals surface area contributed by atoms with Gasteiger partial charge in [-0.15, -0.1) is 0 Å². The van der Waals surface area contributed by atoms with Crippen molar-refractivity contribution in [1.82, 2.24) is 9.55 Å². The van der Waals surface area contributed by atoms with E-state index in [4.69, 9.17) is 14.2 Å². The van der Waals surface area contributed by atoms with E-state index < -0.39 is 0 Å². The fraction of sp³-hybridized carbons (Fsp3) is 0.478. The first kappa shape index (κ1) is 19.7. The Morgan fingerprint density at radius 1 is 1.24 bits per heavy atom. The van der Waals surface area contributed by atoms with Crippen LogP contribution in [0.1, 0.15) is 35.4 Å². The summed E-state index contributed by atoms with van der Waals surface area (Å²) in [5.41, 5.74) is 3.09. The molecule has 2 heterocycles. The first-order valence-electron chi connectivity index (χ1n) is 10.1. The highest BCUT2D eigenvalue weighted by atomic mass is 16.6. The van der Waals surface area contributed by atoms with Crippen LogP contribution in [0, 0.1) is 31.6 Å². The van der Waals surface area contributed by atoms with Crippen molar-refractivity contribution < 1.29 is 14.2 Å². The Hall–Kier alpha value is -2.62. The molecule has 0 radical (unpaired) electrons. The van der Waals surface area contributed by atoms with Crippen molar-refractivity contribution in [2.75, 3.05) is 26.4 Å². The third-order valence-electron chi connectivity index (χ3n) is 5.15. The summed E-state index contributed by atoms with van der Waals surface area (Å²) in [6, 6.07) is 7.59. The van der Waals surface area contributed by atoms with E-state index in [9.17, 15) is 4.79 Å². The molecule has 29 heavy (non-hydrogen) atoms. The molecule has 1 saturated carbocycles. The Kier molecular flexibility index (Phi) is 5.98. The van der Waals surface area contributed by atoms with E-state index in [1.165, 1.54) is 18.9 Å². The minimum absolute atomic E-state index is 0.127. The number of nitrogens with zero attached hydrogens (tertiary/aromatic N) is 2. The van der Waals surface area contributed by atoms with Gasteiger partial charge in [0.1, 0.15) is 18.5 Å². The summed E-state index contributed by atoms with van der Waals surface area (Å²) in [5.74, 6) is 8.05. The highest BCUT2D eigenvalue weighted by molar-refractivity contribution is 5.41. The maximum Gasteiger partial charge on any atom is 0.257 e. The third-order valence-corrected chi connectivity index (χ3v) is 5.15. The molecule has 1 aliphatic heterocycles. The summed E-state index contributed by atoms with van der Waals surface area (Å²) < 4.78 is 18.2. The Morgan fingerprint density at radius 2 is 2.10 bits per heavy atom. The van der Waals surface area contributed by atoms with Gasteiger partial charge in [0.25, 0.3) is 5.56 Å². The topological polar surface area (TPSA) is 62.6 Å². The van der Waals surface area contributed by atoms with E-state index in [1.54, 1.807) is 4.57 Å². The van der Waals surface area contributed by atoms with Gasteiger partial charge in [-0.25, -0.2) is 4.98 Å². The zero-order valence-electron chi connectivity index (χ0n) is 16.9. The zero-order valence-corrected chi connectivity index (χ0v) is 16.9. The normalized spacial score (nSPS) is 18.8. The highest BCUT2D eigenvalue weighted by Gasteiger charge is 2.18. The number of rotatable bonds is 5. The van der Waals surface area contributed by atoms with Crippen LogP contribution in [0.2, 0.25) is 0 Å². The summed E-state index contributed by atoms with van der Waals surface area (Å²) >= 11 is 0. The summed E-state index contributed by atoms with van der Waals surface area (Å²) in [5, 5.41) is 0. The lowest BCUT2D eigenvalue weighted by atomic mass is 10.0. The molecule has 1 aromatic heterocycles. The quantitative estimate of drug-likeness (QED) is 0.729. The Bertz CT molecular complexity index is 992. The van der Waals surface area contributed by atoms with E-state index in [1.807, 2.05) is 19.1 Å². The van der Waals surface area contributed by atoms with Gasteiger partial charge in [0.05, 0.1) is 32.4 Å². The van der Waals surface area contributed by atoms with Gasteiger partial charge in [-0.1, -0.05) is 17.9 Å². The van der Waals surface area contributed by atoms with Gasteiger partial charge in [-0.05, 0) is 49.9 Å². The van der Waals surface area contributed by atoms with E-state index in [0.717, 1.165) is 16.7 Å². The number of benzene rings is 1. The van der Waals surface area contributed by atoms with Gasteiger partial charge in [0, 0.05) is 11.5 Å². The maximum absolute atomic E-state index is 12.6. The van der Waals surface area contributed by atoms with Crippen LogP contribution in [-0.2, 0) is 16.0 Å². The molecule has 0 N–H and O–H groups in total. The van der Waals surface area contributed by atoms with Crippen LogP contribution >= 0.6 is 0 Å². The van der Waals surface area contributed by atoms with Gasteiger partial charge >= 0.3 is 0 Å². The van der Waals surface area contributed by atoms with Crippen molar-refractivity contribution in [3.8, 4) is 17.7 Å². The fourth-order valence-electron chi connectivity index (χ4n) is 3.21. The van der Waals surface area contributed by atoms with Crippen molar-refractivity contribution in [1.29, 1.82) is 0 Å². The number of aryl methyl sites for hydroxylation is 2. The zero-order chi connectivity index (χ0) is 20.2. The molecule has 2 aromatic rings. The van der Waals surface area contributed by atoms with Crippen molar-refractivity contribution >= 4 is 0 Å². The van der Waals surface area contributed by atoms with E-state index in [-0.39, 0.29) is 11.7 Å². The van der Waals surface area contributed by atoms with Crippen molar-refractivity contribution in [3.05, 3.63) is 57.1 Å². The molecule has 6 nitrogen and oxygen atoms in total. The van der Waals surface area contributed by atoms with Crippen LogP contribution in [0.5, 0.6) is 5.88 Å². The number of aromatic nitrogens is 2. The molecule has 2 aliphatic rings. The average molecular weight is 394 g/mol. The van der Waals surface area contributed by atoms with Crippen LogP contribution in [0.25, 0.3) is 0 Å². The van der Waals surface area contributed by atoms with Crippen LogP contribution in [0.3, 0.4) is 0 Å². The molecule has 6 heteroatoms. The minimum Gasteiger partial charge on any atom is -0.475 e. The van der Waals surface area contributed by atoms with Gasteiger partial charge in [0.15, 0.2) is 0 Å². The summed E-state index contributed by atoms with van der Waals surface area (Å²) in [4.78, 5) is 17.1. The molecule has 1 atom stereocenters. The molecule has 1 aromatic carbocycles. The fourth-order valence-corrected chi connectivity index (χ4v) is 3.21. The van der Waals surface area contributed by atoms with Crippen LogP contribution in [0.15, 0.2) is 29.1 Å². The highest BCUT2D eigenvalue weighted by Crippen LogP contribution is 2.27. The van der Waals surface area contributed by atoms with Gasteiger partial charge in [-0.3, -0.25) is 9.36 Å². The van der Waals surface area contributed by atoms with Crippen molar-refractivity contribution in [2.24, 2.45) is 5.92 Å². The lowest BCUT2D eigenvalue weighted by Gasteiger charge is -2.22. The lowest BCUT2D eigenvalue weighted by molar-refractivity contribution is -0.102. The second-order valence-electron chi connectivity index (χ2n) is 7.63. The van der Waals surface area contributed by atoms with Crippen LogP contribution in [-0.4, -0.2) is 42.1 Å². The summed E-state index contributed by atoms with van der Waals surface area (Å²) in [6.07, 6.45) is 2.32. The van der Waals surface area contributed by atoms with E-state index in [2.05, 4.69) is 29.8 Å². The first-order valence-corrected chi connectivity index (χ1v) is 10.1. The van der Waals surface area contributed by atoms with Gasteiger partial charge in [0.2, 0.25) is 5.88 Å². The van der Waals surface area contributed by atoms with Gasteiger partial charge in [-0.2, -0.15) is 0 Å². The van der Waals surface area contributed by atoms with Crippen LogP contribution in [0.4, 0.5) is 0 Å². The average Bonchev–Trinajstić information content (AvgIpc) is 3.54. The molecule has 0 spiro atoms. The molecule has 2 fully saturated rings. The molecule has 0 bridgehead atoms. The molecule has 1 saturated heterocycles. The van der Waals surface area contributed by atoms with E-state index in [0.29, 0.717) is 50.6 Å². The number of hydrogen-bond acceptors (Lipinski definition) is 5. The predicted octanol–water partition coefficient (Wildman–Crippen LogP) is 2.46. The van der Waals surface area contributed by atoms with E-state index >= 15 is 0 Å². The molecular weight excluding hydrogens is 368 g/mol. The largest absolute Gasteiger partial charge is 0.475 e. The van der Waals surface area contributed by atoms with Crippen molar-refractivity contribution in [2.45, 2.75) is 39.3 Å². The van der Waals surface area contributed by atoms with Crippen LogP contribution < -0.4 is 10.3 Å². The van der Waals surface area contributed by atoms with Gasteiger partial charge < -0.3 is 14.2 Å². The number of ether oxygens (including phenoxy) is 3. The molecule has 0 amide bonds. The predicted molar refractivity (Wildman–Crippen MR) is 109 cm³/mol. The first-order chi connectivity index (χ1) is 14.1. The lowest BCUT2D eigenvalue weighted by Crippen LogP contribution is -2.34. The molecule has 152 valence electrons. The Labute approximate surface area is 170 Å². The monoisotopic (exact) mass is 394 g/mol. The summed E-state index contributed by atoms with van der Waals surface area (Å²) in [6.45, 7) is 6.33. The minimum atomic E-state index is -0.134.